The predicted molar refractivity (Wildman–Crippen MR) is 138 cm³/mol. The van der Waals surface area contributed by atoms with E-state index in [1.54, 1.807) is 16.4 Å². The molecule has 0 saturated heterocycles. The van der Waals surface area contributed by atoms with Gasteiger partial charge in [-0.2, -0.15) is 0 Å². The van der Waals surface area contributed by atoms with Gasteiger partial charge in [0.25, 0.3) is 0 Å². The molecule has 0 spiro atoms. The molecule has 0 radical (unpaired) electrons. The van der Waals surface area contributed by atoms with Crippen molar-refractivity contribution >= 4 is 46.0 Å². The van der Waals surface area contributed by atoms with E-state index >= 15 is 0 Å². The van der Waals surface area contributed by atoms with Crippen LogP contribution in [-0.2, 0) is 14.3 Å². The molecule has 4 rings (SSSR count). The predicted octanol–water partition coefficient (Wildman–Crippen LogP) is 5.97. The van der Waals surface area contributed by atoms with Crippen LogP contribution in [0.2, 0.25) is 0 Å². The molecule has 8 heteroatoms. The molecule has 0 aliphatic carbocycles. The first-order valence-electron chi connectivity index (χ1n) is 11.5. The van der Waals surface area contributed by atoms with E-state index in [-0.39, 0.29) is 17.5 Å². The van der Waals surface area contributed by atoms with Crippen molar-refractivity contribution in [2.75, 3.05) is 11.5 Å². The van der Waals surface area contributed by atoms with Crippen molar-refractivity contribution in [1.82, 2.24) is 4.98 Å². The van der Waals surface area contributed by atoms with Gasteiger partial charge in [-0.3, -0.25) is 9.69 Å². The fraction of sp³-hybridized carbons (Fsp3) is 0.259. The Balaban J connectivity index is 1.55. The molecule has 0 unspecified atom stereocenters. The first kappa shape index (κ1) is 24.3. The van der Waals surface area contributed by atoms with E-state index in [0.29, 0.717) is 23.0 Å². The lowest BCUT2D eigenvalue weighted by molar-refractivity contribution is -0.130. The summed E-state index contributed by atoms with van der Waals surface area (Å²) < 4.78 is 11.0. The van der Waals surface area contributed by atoms with Crippen LogP contribution in [0.5, 0.6) is 5.75 Å². The molecule has 7 nitrogen and oxygen atoms in total. The van der Waals surface area contributed by atoms with E-state index < -0.39 is 5.97 Å². The van der Waals surface area contributed by atoms with E-state index in [2.05, 4.69) is 16.9 Å². The minimum atomic E-state index is -0.546. The number of esters is 1. The molecule has 0 atom stereocenters. The van der Waals surface area contributed by atoms with Crippen LogP contribution in [-0.4, -0.2) is 29.4 Å². The van der Waals surface area contributed by atoms with Gasteiger partial charge in [-0.05, 0) is 67.8 Å². The smallest absolute Gasteiger partial charge is 0.363 e. The van der Waals surface area contributed by atoms with Crippen LogP contribution in [0.15, 0.2) is 58.5 Å². The monoisotopic (exact) mass is 489 g/mol. The lowest BCUT2D eigenvalue weighted by Gasteiger charge is -2.21. The van der Waals surface area contributed by atoms with Gasteiger partial charge in [0.1, 0.15) is 5.75 Å². The van der Waals surface area contributed by atoms with Gasteiger partial charge < -0.3 is 9.47 Å². The lowest BCUT2D eigenvalue weighted by Crippen LogP contribution is -2.23. The van der Waals surface area contributed by atoms with Gasteiger partial charge in [0, 0.05) is 17.9 Å². The van der Waals surface area contributed by atoms with Gasteiger partial charge in [-0.15, -0.1) is 11.3 Å². The fourth-order valence-corrected chi connectivity index (χ4v) is 4.37. The van der Waals surface area contributed by atoms with E-state index in [0.717, 1.165) is 35.4 Å². The highest BCUT2D eigenvalue weighted by Crippen LogP contribution is 2.33. The Morgan fingerprint density at radius 1 is 1.17 bits per heavy atom. The van der Waals surface area contributed by atoms with Crippen molar-refractivity contribution in [3.8, 4) is 5.75 Å². The second-order valence-electron chi connectivity index (χ2n) is 8.19. The Bertz CT molecular complexity index is 1310. The summed E-state index contributed by atoms with van der Waals surface area (Å²) in [4.78, 5) is 35.4. The van der Waals surface area contributed by atoms with Gasteiger partial charge in [0.05, 0.1) is 18.0 Å². The van der Waals surface area contributed by atoms with Crippen molar-refractivity contribution in [1.29, 1.82) is 0 Å². The second kappa shape index (κ2) is 10.7. The maximum atomic E-state index is 12.5. The SMILES string of the molecule is CCCCOc1ccc(C2=N/C(=C\c3csc(N(C(C)=O)c4cccc(C)c4C)n3)C(=O)O2)cc1. The van der Waals surface area contributed by atoms with E-state index in [4.69, 9.17) is 9.47 Å². The number of hydrogen-bond acceptors (Lipinski definition) is 7. The number of aromatic nitrogens is 1. The molecule has 0 saturated carbocycles. The molecule has 1 aliphatic heterocycles. The summed E-state index contributed by atoms with van der Waals surface area (Å²) >= 11 is 1.32. The number of cyclic esters (lactones) is 1. The van der Waals surface area contributed by atoms with Crippen molar-refractivity contribution in [3.05, 3.63) is 75.9 Å². The Morgan fingerprint density at radius 2 is 1.94 bits per heavy atom. The van der Waals surface area contributed by atoms with Crippen molar-refractivity contribution in [3.63, 3.8) is 0 Å². The number of benzene rings is 2. The third-order valence-corrected chi connectivity index (χ3v) is 6.45. The van der Waals surface area contributed by atoms with Gasteiger partial charge in [0.2, 0.25) is 11.8 Å². The summed E-state index contributed by atoms with van der Waals surface area (Å²) in [5, 5.41) is 2.30. The van der Waals surface area contributed by atoms with Crippen LogP contribution in [0.25, 0.3) is 6.08 Å². The van der Waals surface area contributed by atoms with E-state index in [9.17, 15) is 9.59 Å². The molecule has 35 heavy (non-hydrogen) atoms. The third-order valence-electron chi connectivity index (χ3n) is 5.61. The summed E-state index contributed by atoms with van der Waals surface area (Å²) in [6.07, 6.45) is 3.63. The maximum absolute atomic E-state index is 12.5. The Kier molecular flexibility index (Phi) is 7.41. The number of thiazole rings is 1. The average molecular weight is 490 g/mol. The molecule has 0 fully saturated rings. The minimum absolute atomic E-state index is 0.144. The molecule has 1 aromatic heterocycles. The Labute approximate surface area is 208 Å². The number of carbonyl (C=O) groups is 2. The number of anilines is 2. The lowest BCUT2D eigenvalue weighted by atomic mass is 10.1. The Morgan fingerprint density at radius 3 is 2.66 bits per heavy atom. The summed E-state index contributed by atoms with van der Waals surface area (Å²) in [6.45, 7) is 8.26. The number of hydrogen-bond donors (Lipinski definition) is 0. The molecule has 0 N–H and O–H groups in total. The van der Waals surface area contributed by atoms with Crippen LogP contribution in [0.3, 0.4) is 0 Å². The molecule has 180 valence electrons. The number of carbonyl (C=O) groups excluding carboxylic acids is 2. The largest absolute Gasteiger partial charge is 0.494 e. The number of amides is 1. The molecule has 2 aromatic carbocycles. The van der Waals surface area contributed by atoms with Crippen LogP contribution < -0.4 is 9.64 Å². The zero-order valence-electron chi connectivity index (χ0n) is 20.2. The minimum Gasteiger partial charge on any atom is -0.494 e. The third kappa shape index (κ3) is 5.49. The first-order chi connectivity index (χ1) is 16.9. The number of aryl methyl sites for hydroxylation is 1. The topological polar surface area (TPSA) is 81.1 Å². The molecule has 1 aliphatic rings. The zero-order chi connectivity index (χ0) is 24.9. The van der Waals surface area contributed by atoms with Gasteiger partial charge >= 0.3 is 5.97 Å². The van der Waals surface area contributed by atoms with E-state index in [1.807, 2.05) is 56.3 Å². The highest BCUT2D eigenvalue weighted by Gasteiger charge is 2.25. The first-order valence-corrected chi connectivity index (χ1v) is 12.3. The van der Waals surface area contributed by atoms with Gasteiger partial charge in [-0.25, -0.2) is 14.8 Å². The van der Waals surface area contributed by atoms with Crippen molar-refractivity contribution in [2.24, 2.45) is 4.99 Å². The maximum Gasteiger partial charge on any atom is 0.363 e. The Hall–Kier alpha value is -3.78. The summed E-state index contributed by atoms with van der Waals surface area (Å²) in [5.74, 6) is 0.306. The molecular weight excluding hydrogens is 462 g/mol. The number of aliphatic imine (C=N–C) groups is 1. The highest BCUT2D eigenvalue weighted by atomic mass is 32.1. The van der Waals surface area contributed by atoms with Crippen LogP contribution in [0, 0.1) is 13.8 Å². The number of unbranched alkanes of at least 4 members (excludes halogenated alkanes) is 1. The van der Waals surface area contributed by atoms with Crippen molar-refractivity contribution in [2.45, 2.75) is 40.5 Å². The number of nitrogens with zero attached hydrogens (tertiary/aromatic N) is 3. The fourth-order valence-electron chi connectivity index (χ4n) is 3.53. The normalized spacial score (nSPS) is 14.1. The highest BCUT2D eigenvalue weighted by molar-refractivity contribution is 7.14. The standard InChI is InChI=1S/C27H27N3O4S/c1-5-6-14-33-22-12-10-20(11-13-22)25-29-23(26(32)34-25)15-21-16-35-27(28-21)30(19(4)31)24-9-7-8-17(2)18(24)3/h7-13,15-16H,5-6,14H2,1-4H3/b23-15-. The number of ether oxygens (including phenoxy) is 2. The molecule has 1 amide bonds. The molecule has 3 aromatic rings. The van der Waals surface area contributed by atoms with E-state index in [1.165, 1.54) is 18.3 Å². The van der Waals surface area contributed by atoms with Gasteiger partial charge in [0.15, 0.2) is 10.8 Å². The van der Waals surface area contributed by atoms with Crippen LogP contribution >= 0.6 is 11.3 Å². The molecular formula is C27H27N3O4S. The zero-order valence-corrected chi connectivity index (χ0v) is 21.0. The second-order valence-corrected chi connectivity index (χ2v) is 9.03. The summed E-state index contributed by atoms with van der Waals surface area (Å²) in [5.41, 5.74) is 4.24. The quantitative estimate of drug-likeness (QED) is 0.221. The molecule has 0 bridgehead atoms. The average Bonchev–Trinajstić information content (AvgIpc) is 3.44. The van der Waals surface area contributed by atoms with Crippen LogP contribution in [0.4, 0.5) is 10.8 Å². The number of rotatable bonds is 8. The van der Waals surface area contributed by atoms with Crippen LogP contribution in [0.1, 0.15) is 49.1 Å². The van der Waals surface area contributed by atoms with Crippen molar-refractivity contribution < 1.29 is 19.1 Å². The summed E-state index contributed by atoms with van der Waals surface area (Å²) in [6, 6.07) is 13.1. The van der Waals surface area contributed by atoms with Gasteiger partial charge in [-0.1, -0.05) is 25.5 Å². The molecule has 2 heterocycles. The summed E-state index contributed by atoms with van der Waals surface area (Å²) in [7, 11) is 0.